The van der Waals surface area contributed by atoms with Gasteiger partial charge >= 0.3 is 0 Å². The van der Waals surface area contributed by atoms with Crippen LogP contribution in [0.4, 0.5) is 0 Å². The quantitative estimate of drug-likeness (QED) is 0.461. The summed E-state index contributed by atoms with van der Waals surface area (Å²) in [5.41, 5.74) is 4.20. The Bertz CT molecular complexity index is 947. The van der Waals surface area contributed by atoms with Crippen LogP contribution in [0, 0.1) is 0 Å². The van der Waals surface area contributed by atoms with Gasteiger partial charge in [0.25, 0.3) is 0 Å². The van der Waals surface area contributed by atoms with E-state index in [-0.39, 0.29) is 5.25 Å². The summed E-state index contributed by atoms with van der Waals surface area (Å²) < 4.78 is 5.91. The number of rotatable bonds is 5. The molecule has 152 valence electrons. The molecule has 4 rings (SSSR count). The molecule has 4 aromatic rings. The number of hydrogen-bond donors (Lipinski definition) is 3. The third-order valence-electron chi connectivity index (χ3n) is 4.71. The van der Waals surface area contributed by atoms with E-state index in [1.165, 1.54) is 11.1 Å². The monoisotopic (exact) mass is 415 g/mol. The van der Waals surface area contributed by atoms with Crippen molar-refractivity contribution in [3.63, 3.8) is 0 Å². The van der Waals surface area contributed by atoms with Crippen LogP contribution in [0.2, 0.25) is 0 Å². The highest BCUT2D eigenvalue weighted by Crippen LogP contribution is 2.25. The molecule has 0 aliphatic rings. The molecule has 5 N–H and O–H groups in total. The first-order chi connectivity index (χ1) is 14.7. The minimum Gasteiger partial charge on any atom is -0.384 e. The fourth-order valence-corrected chi connectivity index (χ4v) is 4.17. The van der Waals surface area contributed by atoms with Gasteiger partial charge in [0, 0.05) is 0 Å². The van der Waals surface area contributed by atoms with Crippen LogP contribution in [0.15, 0.2) is 121 Å². The van der Waals surface area contributed by atoms with Gasteiger partial charge in [-0.2, -0.15) is 0 Å². The molecule has 4 heteroatoms. The molecular formula is C26H27N2OS+. The van der Waals surface area contributed by atoms with Crippen LogP contribution in [-0.2, 0) is 10.9 Å². The van der Waals surface area contributed by atoms with E-state index in [2.05, 4.69) is 24.3 Å². The maximum absolute atomic E-state index is 9.99. The lowest BCUT2D eigenvalue weighted by atomic mass is 10.0. The Balaban J connectivity index is 0.000000172. The van der Waals surface area contributed by atoms with Gasteiger partial charge in [-0.3, -0.25) is 0 Å². The molecule has 0 aliphatic heterocycles. The average Bonchev–Trinajstić information content (AvgIpc) is 2.81. The summed E-state index contributed by atoms with van der Waals surface area (Å²) in [5.74, 6) is 0. The molecule has 0 bridgehead atoms. The number of aliphatic hydroxyl groups is 1. The summed E-state index contributed by atoms with van der Waals surface area (Å²) in [7, 11) is -0.655. The number of aliphatic hydroxyl groups excluding tert-OH is 1. The van der Waals surface area contributed by atoms with Crippen LogP contribution in [0.25, 0.3) is 0 Å². The van der Waals surface area contributed by atoms with Gasteiger partial charge < -0.3 is 5.11 Å². The standard InChI is InChI=1S/C13H14N2S.C13H12O/c14-16(15)13(11-7-3-1-4-8-11)12-9-5-2-6-10-12;14-13(11-7-3-1-4-8-11)12-9-5-2-6-10-12/h1-10,13H,(H3,14,15);1-10,13-14H/p+1. The van der Waals surface area contributed by atoms with Crippen molar-refractivity contribution in [2.45, 2.75) is 11.4 Å². The molecule has 0 saturated carbocycles. The molecule has 0 radical (unpaired) electrons. The molecule has 4 aromatic carbocycles. The topological polar surface area (TPSA) is 71.8 Å². The van der Waals surface area contributed by atoms with Gasteiger partial charge in [-0.1, -0.05) is 121 Å². The summed E-state index contributed by atoms with van der Waals surface area (Å²) >= 11 is 0. The van der Waals surface area contributed by atoms with Gasteiger partial charge in [-0.05, 0) is 22.3 Å². The van der Waals surface area contributed by atoms with E-state index in [0.29, 0.717) is 0 Å². The van der Waals surface area contributed by atoms with Crippen LogP contribution in [0.1, 0.15) is 33.6 Å². The van der Waals surface area contributed by atoms with E-state index in [0.717, 1.165) is 11.1 Å². The van der Waals surface area contributed by atoms with E-state index < -0.39 is 17.0 Å². The smallest absolute Gasteiger partial charge is 0.120 e. The second-order valence-corrected chi connectivity index (χ2v) is 8.12. The van der Waals surface area contributed by atoms with E-state index in [4.69, 9.17) is 9.92 Å². The van der Waals surface area contributed by atoms with Crippen molar-refractivity contribution in [2.75, 3.05) is 0 Å². The highest BCUT2D eigenvalue weighted by atomic mass is 32.2. The minimum atomic E-state index is -0.655. The second-order valence-electron chi connectivity index (χ2n) is 6.83. The molecule has 0 amide bonds. The van der Waals surface area contributed by atoms with E-state index in [1.807, 2.05) is 97.1 Å². The van der Waals surface area contributed by atoms with Gasteiger partial charge in [0.1, 0.15) is 22.2 Å². The van der Waals surface area contributed by atoms with Gasteiger partial charge in [-0.25, -0.2) is 9.92 Å². The highest BCUT2D eigenvalue weighted by molar-refractivity contribution is 7.82. The third kappa shape index (κ3) is 5.97. The summed E-state index contributed by atoms with van der Waals surface area (Å²) in [6.07, 6.45) is -0.516. The molecule has 0 saturated heterocycles. The van der Waals surface area contributed by atoms with Gasteiger partial charge in [0.15, 0.2) is 0 Å². The fourth-order valence-electron chi connectivity index (χ4n) is 3.23. The molecule has 3 nitrogen and oxygen atoms in total. The maximum atomic E-state index is 9.99. The lowest BCUT2D eigenvalue weighted by molar-refractivity contribution is -0.0765. The Hall–Kier alpha value is -3.05. The van der Waals surface area contributed by atoms with Crippen LogP contribution in [-0.4, -0.2) is 5.11 Å². The Morgan fingerprint density at radius 1 is 0.533 bits per heavy atom. The zero-order chi connectivity index (χ0) is 21.2. The van der Waals surface area contributed by atoms with Crippen molar-refractivity contribution in [3.05, 3.63) is 144 Å². The lowest BCUT2D eigenvalue weighted by Gasteiger charge is -2.13. The summed E-state index contributed by atoms with van der Waals surface area (Å²) in [5, 5.41) is 16.0. The first-order valence-corrected chi connectivity index (χ1v) is 11.2. The fraction of sp³-hybridized carbons (Fsp3) is 0.0769. The van der Waals surface area contributed by atoms with Gasteiger partial charge in [0.2, 0.25) is 0 Å². The molecule has 0 aromatic heterocycles. The number of hydrogen-bond acceptors (Lipinski definition) is 1. The SMILES string of the molecule is NS(=[NH2+])C(c1ccccc1)c1ccccc1.OC(c1ccccc1)c1ccccc1. The zero-order valence-electron chi connectivity index (χ0n) is 16.7. The third-order valence-corrected chi connectivity index (χ3v) is 5.80. The first kappa shape index (κ1) is 21.7. The van der Waals surface area contributed by atoms with Crippen molar-refractivity contribution in [1.82, 2.24) is 0 Å². The minimum absolute atomic E-state index is 0.0856. The highest BCUT2D eigenvalue weighted by Gasteiger charge is 2.18. The molecular weight excluding hydrogens is 388 g/mol. The molecule has 0 fully saturated rings. The second kappa shape index (κ2) is 11.2. The molecule has 0 heterocycles. The number of benzene rings is 4. The Kier molecular flexibility index (Phi) is 8.10. The Morgan fingerprint density at radius 3 is 1.07 bits per heavy atom. The van der Waals surface area contributed by atoms with Crippen LogP contribution < -0.4 is 9.92 Å². The van der Waals surface area contributed by atoms with Crippen molar-refractivity contribution in [1.29, 1.82) is 0 Å². The maximum Gasteiger partial charge on any atom is 0.120 e. The van der Waals surface area contributed by atoms with E-state index >= 15 is 0 Å². The normalized spacial score (nSPS) is 11.6. The summed E-state index contributed by atoms with van der Waals surface area (Å²) in [6.45, 7) is 0. The van der Waals surface area contributed by atoms with Crippen LogP contribution in [0.5, 0.6) is 0 Å². The summed E-state index contributed by atoms with van der Waals surface area (Å²) in [4.78, 5) is 0. The van der Waals surface area contributed by atoms with Crippen molar-refractivity contribution >= 4 is 10.9 Å². The largest absolute Gasteiger partial charge is 0.384 e. The summed E-state index contributed by atoms with van der Waals surface area (Å²) in [6, 6.07) is 39.6. The van der Waals surface area contributed by atoms with Crippen LogP contribution in [0.3, 0.4) is 0 Å². The Morgan fingerprint density at radius 2 is 0.800 bits per heavy atom. The van der Waals surface area contributed by atoms with Gasteiger partial charge in [0.05, 0.1) is 0 Å². The van der Waals surface area contributed by atoms with E-state index in [1.54, 1.807) is 0 Å². The molecule has 1 unspecified atom stereocenters. The van der Waals surface area contributed by atoms with Crippen molar-refractivity contribution in [3.8, 4) is 0 Å². The predicted octanol–water partition coefficient (Wildman–Crippen LogP) is 3.98. The molecule has 1 atom stereocenters. The first-order valence-electron chi connectivity index (χ1n) is 9.76. The molecule has 0 aliphatic carbocycles. The van der Waals surface area contributed by atoms with Crippen molar-refractivity contribution < 1.29 is 9.89 Å². The van der Waals surface area contributed by atoms with Gasteiger partial charge in [-0.15, -0.1) is 0 Å². The lowest BCUT2D eigenvalue weighted by Crippen LogP contribution is -2.42. The van der Waals surface area contributed by atoms with Crippen LogP contribution >= 0.6 is 0 Å². The van der Waals surface area contributed by atoms with Crippen molar-refractivity contribution in [2.24, 2.45) is 5.14 Å². The van der Waals surface area contributed by atoms with E-state index in [9.17, 15) is 5.11 Å². The zero-order valence-corrected chi connectivity index (χ0v) is 17.5. The predicted molar refractivity (Wildman–Crippen MR) is 125 cm³/mol. The number of nitrogens with two attached hydrogens (primary N) is 2. The molecule has 0 spiro atoms. The Labute approximate surface area is 180 Å². The average molecular weight is 416 g/mol. The molecule has 30 heavy (non-hydrogen) atoms.